The monoisotopic (exact) mass is 415 g/mol. The third-order valence-electron chi connectivity index (χ3n) is 5.61. The van der Waals surface area contributed by atoms with Crippen LogP contribution in [0.3, 0.4) is 0 Å². The minimum atomic E-state index is -0.176. The molecule has 0 bridgehead atoms. The molecular weight excluding hydrogens is 390 g/mol. The van der Waals surface area contributed by atoms with Gasteiger partial charge in [0, 0.05) is 32.1 Å². The lowest BCUT2D eigenvalue weighted by molar-refractivity contribution is 0.0951. The fraction of sp³-hybridized carbons (Fsp3) is 0.292. The van der Waals surface area contributed by atoms with Crippen LogP contribution in [0.4, 0.5) is 0 Å². The lowest BCUT2D eigenvalue weighted by Crippen LogP contribution is -2.26. The number of amides is 1. The molecule has 4 aromatic rings. The van der Waals surface area contributed by atoms with Crippen LogP contribution in [0.15, 0.2) is 67.3 Å². The van der Waals surface area contributed by atoms with Crippen molar-refractivity contribution in [3.8, 4) is 11.5 Å². The number of fused-ring (bicyclic) bond motifs is 1. The lowest BCUT2D eigenvalue weighted by atomic mass is 10.1. The number of hydrogen-bond donors (Lipinski definition) is 1. The first-order valence-electron chi connectivity index (χ1n) is 10.7. The summed E-state index contributed by atoms with van der Waals surface area (Å²) in [4.78, 5) is 22.1. The standard InChI is InChI=1S/C24H25N5O2/c30-24(25-12-11-18-7-2-1-3-8-18)22-21-10-4-5-13-29(21)23(27-22)20-16-28(17-26-20)15-19-9-6-14-31-19/h1-5,7-8,10,13,16-17,19H,6,9,11-12,14-15H2,(H,25,30)/t19-/m1/s1. The molecule has 0 radical (unpaired) electrons. The van der Waals surface area contributed by atoms with Crippen molar-refractivity contribution < 1.29 is 9.53 Å². The van der Waals surface area contributed by atoms with Gasteiger partial charge >= 0.3 is 0 Å². The normalized spacial score (nSPS) is 16.1. The van der Waals surface area contributed by atoms with Gasteiger partial charge in [-0.3, -0.25) is 9.20 Å². The molecule has 0 aliphatic carbocycles. The Bertz CT molecular complexity index is 1180. The number of nitrogens with one attached hydrogen (secondary N) is 1. The van der Waals surface area contributed by atoms with Crippen molar-refractivity contribution in [2.45, 2.75) is 31.9 Å². The van der Waals surface area contributed by atoms with Crippen molar-refractivity contribution in [2.75, 3.05) is 13.2 Å². The molecular formula is C24H25N5O2. The van der Waals surface area contributed by atoms with Crippen LogP contribution in [0, 0.1) is 0 Å². The molecule has 0 unspecified atom stereocenters. The van der Waals surface area contributed by atoms with Gasteiger partial charge in [0.1, 0.15) is 5.69 Å². The number of imidazole rings is 2. The topological polar surface area (TPSA) is 73.5 Å². The quantitative estimate of drug-likeness (QED) is 0.502. The fourth-order valence-corrected chi connectivity index (χ4v) is 4.03. The van der Waals surface area contributed by atoms with Crippen LogP contribution in [0.25, 0.3) is 17.0 Å². The van der Waals surface area contributed by atoms with Gasteiger partial charge in [-0.25, -0.2) is 9.97 Å². The van der Waals surface area contributed by atoms with E-state index in [1.54, 1.807) is 6.33 Å². The number of rotatable bonds is 7. The SMILES string of the molecule is O=C(NCCc1ccccc1)c1nc(-c2cn(C[C@H]3CCCO3)cn2)n2ccccc12. The number of benzene rings is 1. The summed E-state index contributed by atoms with van der Waals surface area (Å²) in [6.45, 7) is 2.17. The molecule has 1 aliphatic heterocycles. The average molecular weight is 415 g/mol. The van der Waals surface area contributed by atoms with Crippen LogP contribution in [0.1, 0.15) is 28.9 Å². The van der Waals surface area contributed by atoms with E-state index in [0.29, 0.717) is 18.1 Å². The third kappa shape index (κ3) is 4.22. The highest BCUT2D eigenvalue weighted by Gasteiger charge is 2.20. The summed E-state index contributed by atoms with van der Waals surface area (Å²) in [7, 11) is 0. The Morgan fingerprint density at radius 2 is 2.03 bits per heavy atom. The van der Waals surface area contributed by atoms with Gasteiger partial charge in [-0.2, -0.15) is 0 Å². The van der Waals surface area contributed by atoms with Gasteiger partial charge in [-0.1, -0.05) is 36.4 Å². The van der Waals surface area contributed by atoms with E-state index in [2.05, 4.69) is 27.4 Å². The zero-order chi connectivity index (χ0) is 21.0. The lowest BCUT2D eigenvalue weighted by Gasteiger charge is -2.08. The average Bonchev–Trinajstić information content (AvgIpc) is 3.55. The zero-order valence-electron chi connectivity index (χ0n) is 17.3. The molecule has 0 spiro atoms. The van der Waals surface area contributed by atoms with Crippen LogP contribution in [-0.4, -0.2) is 44.1 Å². The smallest absolute Gasteiger partial charge is 0.272 e. The second kappa shape index (κ2) is 8.73. The van der Waals surface area contributed by atoms with E-state index < -0.39 is 0 Å². The molecule has 1 amide bonds. The first kappa shape index (κ1) is 19.5. The molecule has 1 atom stereocenters. The molecule has 1 N–H and O–H groups in total. The summed E-state index contributed by atoms with van der Waals surface area (Å²) in [6.07, 6.45) is 8.90. The minimum Gasteiger partial charge on any atom is -0.376 e. The molecule has 7 heteroatoms. The maximum Gasteiger partial charge on any atom is 0.272 e. The minimum absolute atomic E-state index is 0.176. The predicted molar refractivity (Wildman–Crippen MR) is 118 cm³/mol. The number of hydrogen-bond acceptors (Lipinski definition) is 4. The largest absolute Gasteiger partial charge is 0.376 e. The molecule has 158 valence electrons. The van der Waals surface area contributed by atoms with Gasteiger partial charge in [0.15, 0.2) is 11.5 Å². The van der Waals surface area contributed by atoms with E-state index in [1.807, 2.05) is 57.8 Å². The van der Waals surface area contributed by atoms with Crippen molar-refractivity contribution in [3.05, 3.63) is 78.5 Å². The van der Waals surface area contributed by atoms with Gasteiger partial charge in [0.2, 0.25) is 0 Å². The van der Waals surface area contributed by atoms with Gasteiger partial charge < -0.3 is 14.6 Å². The third-order valence-corrected chi connectivity index (χ3v) is 5.61. The van der Waals surface area contributed by atoms with Crippen molar-refractivity contribution >= 4 is 11.4 Å². The van der Waals surface area contributed by atoms with Gasteiger partial charge in [-0.15, -0.1) is 0 Å². The van der Waals surface area contributed by atoms with Crippen LogP contribution in [0.2, 0.25) is 0 Å². The molecule has 31 heavy (non-hydrogen) atoms. The molecule has 0 saturated carbocycles. The van der Waals surface area contributed by atoms with E-state index in [-0.39, 0.29) is 12.0 Å². The summed E-state index contributed by atoms with van der Waals surface area (Å²) >= 11 is 0. The second-order valence-electron chi connectivity index (χ2n) is 7.82. The molecule has 1 aromatic carbocycles. The van der Waals surface area contributed by atoms with E-state index in [9.17, 15) is 4.79 Å². The highest BCUT2D eigenvalue weighted by Crippen LogP contribution is 2.22. The van der Waals surface area contributed by atoms with Crippen LogP contribution >= 0.6 is 0 Å². The van der Waals surface area contributed by atoms with Crippen molar-refractivity contribution in [1.82, 2.24) is 24.3 Å². The first-order chi connectivity index (χ1) is 15.3. The van der Waals surface area contributed by atoms with Crippen molar-refractivity contribution in [1.29, 1.82) is 0 Å². The van der Waals surface area contributed by atoms with E-state index in [1.165, 1.54) is 5.56 Å². The summed E-state index contributed by atoms with van der Waals surface area (Å²) < 4.78 is 9.68. The molecule has 7 nitrogen and oxygen atoms in total. The Balaban J connectivity index is 1.35. The van der Waals surface area contributed by atoms with E-state index >= 15 is 0 Å². The number of pyridine rings is 1. The predicted octanol–water partition coefficient (Wildman–Crippen LogP) is 3.35. The van der Waals surface area contributed by atoms with Crippen LogP contribution in [-0.2, 0) is 17.7 Å². The van der Waals surface area contributed by atoms with Gasteiger partial charge in [0.05, 0.1) is 17.9 Å². The Morgan fingerprint density at radius 3 is 2.87 bits per heavy atom. The Kier molecular flexibility index (Phi) is 5.50. The van der Waals surface area contributed by atoms with Crippen LogP contribution < -0.4 is 5.32 Å². The van der Waals surface area contributed by atoms with Crippen LogP contribution in [0.5, 0.6) is 0 Å². The van der Waals surface area contributed by atoms with Crippen molar-refractivity contribution in [2.24, 2.45) is 0 Å². The molecule has 5 rings (SSSR count). The van der Waals surface area contributed by atoms with Crippen molar-refractivity contribution in [3.63, 3.8) is 0 Å². The fourth-order valence-electron chi connectivity index (χ4n) is 4.03. The Morgan fingerprint density at radius 1 is 1.16 bits per heavy atom. The zero-order valence-corrected chi connectivity index (χ0v) is 17.3. The highest BCUT2D eigenvalue weighted by atomic mass is 16.5. The number of aromatic nitrogens is 4. The molecule has 1 saturated heterocycles. The molecule has 4 heterocycles. The number of carbonyl (C=O) groups excluding carboxylic acids is 1. The summed E-state index contributed by atoms with van der Waals surface area (Å²) in [5, 5.41) is 3.00. The Labute approximate surface area is 180 Å². The molecule has 3 aromatic heterocycles. The van der Waals surface area contributed by atoms with E-state index in [4.69, 9.17) is 4.74 Å². The van der Waals surface area contributed by atoms with Gasteiger partial charge in [-0.05, 0) is 37.0 Å². The molecule has 1 fully saturated rings. The maximum absolute atomic E-state index is 12.9. The number of carbonyl (C=O) groups is 1. The summed E-state index contributed by atoms with van der Waals surface area (Å²) in [6, 6.07) is 15.9. The second-order valence-corrected chi connectivity index (χ2v) is 7.82. The molecule has 1 aliphatic rings. The Hall–Kier alpha value is -3.45. The summed E-state index contributed by atoms with van der Waals surface area (Å²) in [5.41, 5.74) is 3.11. The van der Waals surface area contributed by atoms with Gasteiger partial charge in [0.25, 0.3) is 5.91 Å². The van der Waals surface area contributed by atoms with E-state index in [0.717, 1.165) is 43.6 Å². The number of ether oxygens (including phenoxy) is 1. The highest BCUT2D eigenvalue weighted by molar-refractivity contribution is 5.99. The number of nitrogens with zero attached hydrogens (tertiary/aromatic N) is 4. The summed E-state index contributed by atoms with van der Waals surface area (Å²) in [5.74, 6) is 0.486. The first-order valence-corrected chi connectivity index (χ1v) is 10.7. The maximum atomic E-state index is 12.9.